The molecule has 0 amide bonds. The number of hydrogen-bond donors (Lipinski definition) is 0. The van der Waals surface area contributed by atoms with Crippen molar-refractivity contribution in [1.29, 1.82) is 0 Å². The van der Waals surface area contributed by atoms with Crippen molar-refractivity contribution >= 4 is 5.82 Å². The van der Waals surface area contributed by atoms with Crippen molar-refractivity contribution < 1.29 is 0 Å². The largest absolute Gasteiger partial charge is 0.342 e. The molecule has 4 aromatic rings. The van der Waals surface area contributed by atoms with Gasteiger partial charge in [-0.15, -0.1) is 10.2 Å². The van der Waals surface area contributed by atoms with E-state index in [0.717, 1.165) is 48.7 Å². The van der Waals surface area contributed by atoms with E-state index < -0.39 is 0 Å². The van der Waals surface area contributed by atoms with Crippen molar-refractivity contribution in [1.82, 2.24) is 39.5 Å². The van der Waals surface area contributed by atoms with E-state index in [0.29, 0.717) is 11.8 Å². The summed E-state index contributed by atoms with van der Waals surface area (Å²) in [4.78, 5) is 16.1. The van der Waals surface area contributed by atoms with Gasteiger partial charge in [-0.3, -0.25) is 4.57 Å². The van der Waals surface area contributed by atoms with E-state index in [9.17, 15) is 0 Å². The van der Waals surface area contributed by atoms with E-state index in [2.05, 4.69) is 48.9 Å². The summed E-state index contributed by atoms with van der Waals surface area (Å²) in [6.07, 6.45) is 8.06. The fourth-order valence-electron chi connectivity index (χ4n) is 4.62. The third-order valence-electron chi connectivity index (χ3n) is 6.12. The molecule has 1 fully saturated rings. The van der Waals surface area contributed by atoms with Gasteiger partial charge in [0.25, 0.3) is 5.95 Å². The highest BCUT2D eigenvalue weighted by atomic mass is 15.4. The monoisotopic (exact) mass is 409 g/mol. The van der Waals surface area contributed by atoms with E-state index in [-0.39, 0.29) is 5.54 Å². The molecule has 0 spiro atoms. The first-order valence-electron chi connectivity index (χ1n) is 10.3. The van der Waals surface area contributed by atoms with Crippen LogP contribution in [0.15, 0.2) is 49.2 Å². The molecule has 9 nitrogen and oxygen atoms in total. The Morgan fingerprint density at radius 2 is 2.03 bits per heavy atom. The summed E-state index contributed by atoms with van der Waals surface area (Å²) in [5, 5.41) is 13.0. The van der Waals surface area contributed by atoms with E-state index in [4.69, 9.17) is 4.98 Å². The van der Waals surface area contributed by atoms with Gasteiger partial charge >= 0.3 is 0 Å². The van der Waals surface area contributed by atoms with Gasteiger partial charge in [-0.1, -0.05) is 31.0 Å². The van der Waals surface area contributed by atoms with Crippen LogP contribution in [0.4, 0.5) is 5.82 Å². The highest BCUT2D eigenvalue weighted by molar-refractivity contribution is 5.64. The lowest BCUT2D eigenvalue weighted by atomic mass is 9.90. The maximum absolute atomic E-state index is 4.92. The van der Waals surface area contributed by atoms with Crippen molar-refractivity contribution in [3.05, 3.63) is 66.4 Å². The lowest BCUT2D eigenvalue weighted by molar-refractivity contribution is 0.381. The number of fused-ring (bicyclic) bond motifs is 6. The van der Waals surface area contributed by atoms with Crippen LogP contribution in [0.2, 0.25) is 0 Å². The maximum Gasteiger partial charge on any atom is 0.255 e. The Labute approximate surface area is 178 Å². The minimum atomic E-state index is -0.187. The Morgan fingerprint density at radius 3 is 2.90 bits per heavy atom. The quantitative estimate of drug-likeness (QED) is 0.469. The average molecular weight is 409 g/mol. The summed E-state index contributed by atoms with van der Waals surface area (Å²) >= 11 is 0. The SMILES string of the molecule is CCC12CCCN1c1nc(-n3ncnc3C#Cc3ccccc3)ncc1-n1cnnc12. The third kappa shape index (κ3) is 2.58. The van der Waals surface area contributed by atoms with Gasteiger partial charge in [-0.25, -0.2) is 9.97 Å². The molecule has 0 aliphatic carbocycles. The zero-order valence-corrected chi connectivity index (χ0v) is 17.0. The fourth-order valence-corrected chi connectivity index (χ4v) is 4.62. The minimum absolute atomic E-state index is 0.187. The normalized spacial score (nSPS) is 18.7. The second-order valence-electron chi connectivity index (χ2n) is 7.66. The lowest BCUT2D eigenvalue weighted by Crippen LogP contribution is -2.46. The van der Waals surface area contributed by atoms with Crippen LogP contribution in [-0.4, -0.2) is 46.0 Å². The molecule has 1 unspecified atom stereocenters. The van der Waals surface area contributed by atoms with Gasteiger partial charge in [0.05, 0.1) is 6.20 Å². The molecule has 1 aromatic carbocycles. The van der Waals surface area contributed by atoms with E-state index >= 15 is 0 Å². The molecule has 3 aromatic heterocycles. The number of nitrogens with zero attached hydrogens (tertiary/aromatic N) is 9. The molecule has 31 heavy (non-hydrogen) atoms. The van der Waals surface area contributed by atoms with Crippen LogP contribution in [0, 0.1) is 11.8 Å². The number of hydrogen-bond acceptors (Lipinski definition) is 7. The minimum Gasteiger partial charge on any atom is -0.342 e. The number of aromatic nitrogens is 8. The Bertz CT molecular complexity index is 1330. The second-order valence-corrected chi connectivity index (χ2v) is 7.66. The zero-order valence-electron chi connectivity index (χ0n) is 17.0. The van der Waals surface area contributed by atoms with Gasteiger partial charge in [0.15, 0.2) is 11.6 Å². The van der Waals surface area contributed by atoms with Gasteiger partial charge in [-0.2, -0.15) is 14.8 Å². The highest BCUT2D eigenvalue weighted by Gasteiger charge is 2.49. The Kier molecular flexibility index (Phi) is 3.86. The molecule has 1 saturated heterocycles. The van der Waals surface area contributed by atoms with Gasteiger partial charge in [0.1, 0.15) is 23.9 Å². The molecule has 0 bridgehead atoms. The average Bonchev–Trinajstić information content (AvgIpc) is 3.57. The fraction of sp³-hybridized carbons (Fsp3) is 0.273. The molecule has 0 saturated carbocycles. The van der Waals surface area contributed by atoms with Crippen molar-refractivity contribution in [3.63, 3.8) is 0 Å². The summed E-state index contributed by atoms with van der Waals surface area (Å²) in [6.45, 7) is 3.11. The molecule has 1 atom stereocenters. The molecule has 9 heteroatoms. The molecule has 2 aliphatic rings. The summed E-state index contributed by atoms with van der Waals surface area (Å²) in [5.74, 6) is 8.98. The molecule has 2 aliphatic heterocycles. The van der Waals surface area contributed by atoms with Gasteiger partial charge in [0, 0.05) is 12.1 Å². The first-order chi connectivity index (χ1) is 15.3. The molecule has 5 heterocycles. The van der Waals surface area contributed by atoms with Crippen LogP contribution < -0.4 is 4.90 Å². The van der Waals surface area contributed by atoms with E-state index in [1.165, 1.54) is 6.33 Å². The Balaban J connectivity index is 1.46. The van der Waals surface area contributed by atoms with Crippen LogP contribution in [-0.2, 0) is 5.54 Å². The number of benzene rings is 1. The smallest absolute Gasteiger partial charge is 0.255 e. The summed E-state index contributed by atoms with van der Waals surface area (Å²) in [5.41, 5.74) is 1.60. The lowest BCUT2D eigenvalue weighted by Gasteiger charge is -2.42. The Hall–Kier alpha value is -4.06. The van der Waals surface area contributed by atoms with Crippen LogP contribution in [0.3, 0.4) is 0 Å². The molecular formula is C22H19N9. The van der Waals surface area contributed by atoms with Crippen LogP contribution >= 0.6 is 0 Å². The summed E-state index contributed by atoms with van der Waals surface area (Å²) in [6, 6.07) is 9.78. The maximum atomic E-state index is 4.92. The number of rotatable bonds is 2. The standard InChI is InChI=1S/C22H19N9/c1-2-22-11-6-12-30(22)19-17(29-15-25-28-20(22)29)13-23-21(27-19)31-18(24-14-26-31)10-9-16-7-4-3-5-8-16/h3-5,7-8,13-15H,2,6,11-12H2,1H3. The van der Waals surface area contributed by atoms with Gasteiger partial charge in [0.2, 0.25) is 5.82 Å². The first kappa shape index (κ1) is 17.8. The summed E-state index contributed by atoms with van der Waals surface area (Å²) in [7, 11) is 0. The van der Waals surface area contributed by atoms with Crippen LogP contribution in [0.1, 0.15) is 43.4 Å². The summed E-state index contributed by atoms with van der Waals surface area (Å²) < 4.78 is 3.60. The van der Waals surface area contributed by atoms with Gasteiger partial charge in [-0.05, 0) is 37.3 Å². The van der Waals surface area contributed by atoms with Crippen molar-refractivity contribution in [2.45, 2.75) is 31.7 Å². The molecule has 0 radical (unpaired) electrons. The molecule has 6 rings (SSSR count). The Morgan fingerprint density at radius 1 is 1.13 bits per heavy atom. The van der Waals surface area contributed by atoms with Crippen LogP contribution in [0.25, 0.3) is 11.6 Å². The predicted molar refractivity (Wildman–Crippen MR) is 113 cm³/mol. The van der Waals surface area contributed by atoms with Crippen molar-refractivity contribution in [2.75, 3.05) is 11.4 Å². The topological polar surface area (TPSA) is 90.4 Å². The highest BCUT2D eigenvalue weighted by Crippen LogP contribution is 2.48. The molecule has 0 N–H and O–H groups in total. The van der Waals surface area contributed by atoms with Gasteiger partial charge < -0.3 is 4.90 Å². The van der Waals surface area contributed by atoms with Crippen molar-refractivity contribution in [2.24, 2.45) is 0 Å². The zero-order chi connectivity index (χ0) is 20.8. The first-order valence-corrected chi connectivity index (χ1v) is 10.3. The molecular weight excluding hydrogens is 390 g/mol. The molecule has 152 valence electrons. The predicted octanol–water partition coefficient (Wildman–Crippen LogP) is 2.26. The van der Waals surface area contributed by atoms with E-state index in [1.54, 1.807) is 17.2 Å². The third-order valence-corrected chi connectivity index (χ3v) is 6.12. The van der Waals surface area contributed by atoms with Crippen LogP contribution in [0.5, 0.6) is 0 Å². The number of anilines is 1. The van der Waals surface area contributed by atoms with E-state index in [1.807, 2.05) is 34.9 Å². The van der Waals surface area contributed by atoms with Crippen molar-refractivity contribution in [3.8, 4) is 23.5 Å². The second kappa shape index (κ2) is 6.74.